The number of thiol groups is 1. The van der Waals surface area contributed by atoms with Gasteiger partial charge in [0.25, 0.3) is 0 Å². The predicted molar refractivity (Wildman–Crippen MR) is 42.0 cm³/mol. The quantitative estimate of drug-likeness (QED) is 0.580. The fraction of sp³-hybridized carbons (Fsp3) is 1.00. The average molecular weight is 194 g/mol. The van der Waals surface area contributed by atoms with Crippen LogP contribution in [0.2, 0.25) is 0 Å². The average Bonchev–Trinajstić information content (AvgIpc) is 1.90. The summed E-state index contributed by atoms with van der Waals surface area (Å²) in [6.45, 7) is 3.49. The molecule has 1 N–H and O–H groups in total. The fourth-order valence-electron chi connectivity index (χ4n) is 0.663. The van der Waals surface area contributed by atoms with Gasteiger partial charge in [0.1, 0.15) is 0 Å². The van der Waals surface area contributed by atoms with Gasteiger partial charge in [-0.3, -0.25) is 14.1 Å². The topological polar surface area (TPSA) is 24.5 Å². The number of morpholine rings is 1. The number of hydrogen-bond donors (Lipinski definition) is 2. The molecular formula is C4H13F3N2OS. The Morgan fingerprint density at radius 1 is 1.09 bits per heavy atom. The maximum atomic E-state index is 5.09. The molecule has 1 heterocycles. The Labute approximate surface area is 68.7 Å². The largest absolute Gasteiger partial charge is 0.379 e. The summed E-state index contributed by atoms with van der Waals surface area (Å²) in [6.07, 6.45) is 0. The summed E-state index contributed by atoms with van der Waals surface area (Å²) >= 11 is 3.88. The van der Waals surface area contributed by atoms with E-state index >= 15 is 0 Å². The molecule has 11 heavy (non-hydrogen) atoms. The molecule has 0 aliphatic carbocycles. The number of rotatable bonds is 1. The third-order valence-corrected chi connectivity index (χ3v) is 1.44. The van der Waals surface area contributed by atoms with Gasteiger partial charge in [0.15, 0.2) is 0 Å². The van der Waals surface area contributed by atoms with E-state index in [4.69, 9.17) is 4.74 Å². The van der Waals surface area contributed by atoms with E-state index in [2.05, 4.69) is 17.6 Å². The summed E-state index contributed by atoms with van der Waals surface area (Å²) in [4.78, 5) is 2.75. The zero-order valence-electron chi connectivity index (χ0n) is 5.86. The number of hydrazine groups is 1. The molecule has 72 valence electrons. The molecule has 1 fully saturated rings. The lowest BCUT2D eigenvalue weighted by Gasteiger charge is -2.24. The zero-order valence-corrected chi connectivity index (χ0v) is 6.75. The van der Waals surface area contributed by atoms with Crippen LogP contribution in [-0.2, 0) is 4.74 Å². The van der Waals surface area contributed by atoms with E-state index in [9.17, 15) is 0 Å². The molecule has 0 aromatic heterocycles. The molecule has 1 aliphatic heterocycles. The molecule has 0 unspecified atom stereocenters. The smallest absolute Gasteiger partial charge is 0.0608 e. The highest BCUT2D eigenvalue weighted by Crippen LogP contribution is 1.91. The molecule has 0 bridgehead atoms. The summed E-state index contributed by atoms with van der Waals surface area (Å²) in [7, 11) is 0. The van der Waals surface area contributed by atoms with Gasteiger partial charge in [-0.05, 0) is 0 Å². The Balaban J connectivity index is -0.000000213. The zero-order chi connectivity index (χ0) is 5.82. The van der Waals surface area contributed by atoms with E-state index in [1.54, 1.807) is 0 Å². The monoisotopic (exact) mass is 194 g/mol. The first-order chi connectivity index (χ1) is 3.93. The first-order valence-corrected chi connectivity index (χ1v) is 3.10. The highest BCUT2D eigenvalue weighted by molar-refractivity contribution is 7.78. The second kappa shape index (κ2) is 10.0. The molecule has 1 aliphatic rings. The normalized spacial score (nSPS) is 17.2. The maximum absolute atomic E-state index is 5.09. The van der Waals surface area contributed by atoms with Crippen molar-refractivity contribution in [2.24, 2.45) is 0 Å². The summed E-state index contributed by atoms with van der Waals surface area (Å²) in [5.74, 6) is 0. The van der Waals surface area contributed by atoms with Gasteiger partial charge < -0.3 is 4.74 Å². The van der Waals surface area contributed by atoms with Crippen LogP contribution in [0.25, 0.3) is 0 Å². The van der Waals surface area contributed by atoms with Gasteiger partial charge in [0.05, 0.1) is 13.2 Å². The first kappa shape index (κ1) is 17.2. The van der Waals surface area contributed by atoms with Gasteiger partial charge >= 0.3 is 0 Å². The Morgan fingerprint density at radius 3 is 1.82 bits per heavy atom. The minimum atomic E-state index is 0. The highest BCUT2D eigenvalue weighted by atomic mass is 32.1. The van der Waals surface area contributed by atoms with Gasteiger partial charge in [0, 0.05) is 13.1 Å². The number of ether oxygens (including phenoxy) is 1. The van der Waals surface area contributed by atoms with Crippen LogP contribution in [0.5, 0.6) is 0 Å². The SMILES string of the molecule is F.F.F.SNN1CCOCC1. The molecule has 3 nitrogen and oxygen atoms in total. The number of halogens is 3. The molecule has 0 radical (unpaired) electrons. The fourth-order valence-corrected chi connectivity index (χ4v) is 0.863. The summed E-state index contributed by atoms with van der Waals surface area (Å²) in [5, 5.41) is 2.01. The standard InChI is InChI=1S/C4H10N2OS.3FH/c8-5-6-1-3-7-4-2-6;;;/h5,8H,1-4H2;3*1H. The van der Waals surface area contributed by atoms with Crippen molar-refractivity contribution in [3.05, 3.63) is 0 Å². The minimum Gasteiger partial charge on any atom is -0.379 e. The summed E-state index contributed by atoms with van der Waals surface area (Å²) in [5.41, 5.74) is 0. The third kappa shape index (κ3) is 6.42. The van der Waals surface area contributed by atoms with Gasteiger partial charge in [-0.25, -0.2) is 9.84 Å². The number of hydrogen-bond acceptors (Lipinski definition) is 4. The van der Waals surface area contributed by atoms with Crippen LogP contribution in [0.15, 0.2) is 0 Å². The van der Waals surface area contributed by atoms with Gasteiger partial charge in [-0.1, -0.05) is 12.8 Å². The Kier molecular flexibility index (Phi) is 15.7. The van der Waals surface area contributed by atoms with Crippen LogP contribution in [-0.4, -0.2) is 31.3 Å². The van der Waals surface area contributed by atoms with E-state index in [0.717, 1.165) is 26.3 Å². The Morgan fingerprint density at radius 2 is 1.55 bits per heavy atom. The second-order valence-electron chi connectivity index (χ2n) is 1.70. The van der Waals surface area contributed by atoms with Crippen LogP contribution in [0, 0.1) is 0 Å². The Bertz CT molecular complexity index is 74.4. The van der Waals surface area contributed by atoms with Gasteiger partial charge in [0.2, 0.25) is 0 Å². The molecule has 0 amide bonds. The lowest BCUT2D eigenvalue weighted by molar-refractivity contribution is 0.0293. The molecule has 7 heteroatoms. The highest BCUT2D eigenvalue weighted by Gasteiger charge is 2.06. The van der Waals surface area contributed by atoms with Crippen molar-refractivity contribution in [2.45, 2.75) is 0 Å². The van der Waals surface area contributed by atoms with Crippen LogP contribution >= 0.6 is 12.8 Å². The molecule has 0 spiro atoms. The van der Waals surface area contributed by atoms with Crippen molar-refractivity contribution in [3.63, 3.8) is 0 Å². The first-order valence-electron chi connectivity index (χ1n) is 2.66. The van der Waals surface area contributed by atoms with Crippen LogP contribution in [0.4, 0.5) is 14.1 Å². The van der Waals surface area contributed by atoms with Crippen molar-refractivity contribution in [1.29, 1.82) is 0 Å². The third-order valence-electron chi connectivity index (χ3n) is 1.15. The van der Waals surface area contributed by atoms with Crippen molar-refractivity contribution < 1.29 is 18.9 Å². The number of nitrogens with one attached hydrogen (secondary N) is 1. The molecule has 0 atom stereocenters. The molecular weight excluding hydrogens is 181 g/mol. The van der Waals surface area contributed by atoms with E-state index in [1.165, 1.54) is 0 Å². The summed E-state index contributed by atoms with van der Waals surface area (Å²) < 4.78 is 5.09. The van der Waals surface area contributed by atoms with E-state index in [-0.39, 0.29) is 14.1 Å². The van der Waals surface area contributed by atoms with Gasteiger partial charge in [-0.2, -0.15) is 0 Å². The maximum Gasteiger partial charge on any atom is 0.0608 e. The van der Waals surface area contributed by atoms with Crippen LogP contribution < -0.4 is 4.83 Å². The van der Waals surface area contributed by atoms with Crippen molar-refractivity contribution >= 4 is 12.8 Å². The molecule has 0 aromatic rings. The van der Waals surface area contributed by atoms with Crippen LogP contribution in [0.1, 0.15) is 0 Å². The van der Waals surface area contributed by atoms with E-state index < -0.39 is 0 Å². The minimum absolute atomic E-state index is 0. The second-order valence-corrected chi connectivity index (χ2v) is 1.90. The molecule has 1 rings (SSSR count). The molecule has 0 saturated carbocycles. The van der Waals surface area contributed by atoms with Crippen molar-refractivity contribution in [2.75, 3.05) is 26.3 Å². The molecule has 1 saturated heterocycles. The summed E-state index contributed by atoms with van der Waals surface area (Å²) in [6, 6.07) is 0. The Hall–Kier alpha value is 0.0200. The van der Waals surface area contributed by atoms with E-state index in [1.807, 2.05) is 5.01 Å². The predicted octanol–water partition coefficient (Wildman–Crippen LogP) is 0.126. The van der Waals surface area contributed by atoms with Crippen molar-refractivity contribution in [1.82, 2.24) is 9.84 Å². The van der Waals surface area contributed by atoms with Gasteiger partial charge in [-0.15, -0.1) is 0 Å². The van der Waals surface area contributed by atoms with Crippen molar-refractivity contribution in [3.8, 4) is 0 Å². The lowest BCUT2D eigenvalue weighted by atomic mass is 10.5. The van der Waals surface area contributed by atoms with E-state index in [0.29, 0.717) is 0 Å². The lowest BCUT2D eigenvalue weighted by Crippen LogP contribution is -2.41. The molecule has 0 aromatic carbocycles. The van der Waals surface area contributed by atoms with Crippen LogP contribution in [0.3, 0.4) is 0 Å². The number of nitrogens with zero attached hydrogens (tertiary/aromatic N) is 1.